The Morgan fingerprint density at radius 2 is 1.93 bits per heavy atom. The van der Waals surface area contributed by atoms with Gasteiger partial charge in [-0.3, -0.25) is 9.69 Å². The van der Waals surface area contributed by atoms with Crippen molar-refractivity contribution in [3.8, 4) is 0 Å². The van der Waals surface area contributed by atoms with Crippen LogP contribution in [0.15, 0.2) is 47.3 Å². The highest BCUT2D eigenvalue weighted by Gasteiger charge is 2.44. The Bertz CT molecular complexity index is 1670. The van der Waals surface area contributed by atoms with E-state index in [1.54, 1.807) is 18.7 Å². The van der Waals surface area contributed by atoms with Crippen LogP contribution in [-0.2, 0) is 31.7 Å². The van der Waals surface area contributed by atoms with Crippen LogP contribution in [0.3, 0.4) is 0 Å². The van der Waals surface area contributed by atoms with Gasteiger partial charge in [0, 0.05) is 31.1 Å². The molecule has 4 aromatic rings. The number of furan rings is 1. The standard InChI is InChI=1S/C32H34F3N5O2/c1-20-6-5-10-39(16-20)17-21-12-24-25(26(13-21)32(33,34)35)18-40(29(24)41)27-15-23(14-22-7-11-42-28(22)27)31(8-3-4-9-31)30-37-36-19-38(30)2/h7,11-15,19-20H,3-6,8-10,16-18H2,1-2H3/t20-/m0/s1. The van der Waals surface area contributed by atoms with Crippen molar-refractivity contribution in [3.05, 3.63) is 76.6 Å². The number of carbonyl (C=O) groups excluding carboxylic acids is 1. The number of likely N-dealkylation sites (tertiary alicyclic amines) is 1. The molecule has 1 saturated carbocycles. The van der Waals surface area contributed by atoms with E-state index in [2.05, 4.69) is 28.1 Å². The first kappa shape index (κ1) is 27.2. The van der Waals surface area contributed by atoms with Crippen molar-refractivity contribution >= 4 is 22.6 Å². The van der Waals surface area contributed by atoms with E-state index >= 15 is 0 Å². The monoisotopic (exact) mass is 577 g/mol. The summed E-state index contributed by atoms with van der Waals surface area (Å²) >= 11 is 0. The molecule has 0 bridgehead atoms. The minimum atomic E-state index is -4.58. The average molecular weight is 578 g/mol. The van der Waals surface area contributed by atoms with Gasteiger partial charge in [0.05, 0.1) is 29.5 Å². The number of nitrogens with zero attached hydrogens (tertiary/aromatic N) is 5. The van der Waals surface area contributed by atoms with Gasteiger partial charge in [-0.1, -0.05) is 19.8 Å². The fourth-order valence-electron chi connectivity index (χ4n) is 7.57. The van der Waals surface area contributed by atoms with Crippen LogP contribution in [0.2, 0.25) is 0 Å². The van der Waals surface area contributed by atoms with E-state index < -0.39 is 23.1 Å². The Balaban J connectivity index is 1.32. The number of aromatic nitrogens is 3. The zero-order chi connectivity index (χ0) is 29.2. The van der Waals surface area contributed by atoms with E-state index in [4.69, 9.17) is 4.42 Å². The first-order chi connectivity index (χ1) is 20.1. The lowest BCUT2D eigenvalue weighted by molar-refractivity contribution is -0.138. The summed E-state index contributed by atoms with van der Waals surface area (Å²) in [4.78, 5) is 17.7. The van der Waals surface area contributed by atoms with E-state index in [9.17, 15) is 18.0 Å². The van der Waals surface area contributed by atoms with Gasteiger partial charge in [-0.25, -0.2) is 0 Å². The van der Waals surface area contributed by atoms with Crippen molar-refractivity contribution in [2.75, 3.05) is 18.0 Å². The smallest absolute Gasteiger partial charge is 0.416 e. The molecule has 0 N–H and O–H groups in total. The van der Waals surface area contributed by atoms with Gasteiger partial charge in [0.1, 0.15) is 12.2 Å². The zero-order valence-corrected chi connectivity index (χ0v) is 23.9. The maximum Gasteiger partial charge on any atom is 0.416 e. The number of carbonyl (C=O) groups is 1. The van der Waals surface area contributed by atoms with E-state index in [0.717, 1.165) is 68.4 Å². The van der Waals surface area contributed by atoms with Crippen LogP contribution in [0, 0.1) is 5.92 Å². The number of rotatable bonds is 5. The Kier molecular flexibility index (Phi) is 6.45. The molecule has 220 valence electrons. The minimum absolute atomic E-state index is 0.0252. The van der Waals surface area contributed by atoms with Gasteiger partial charge in [0.15, 0.2) is 5.58 Å². The molecular weight excluding hydrogens is 543 g/mol. The van der Waals surface area contributed by atoms with Gasteiger partial charge < -0.3 is 13.9 Å². The number of aryl methyl sites for hydroxylation is 1. The minimum Gasteiger partial charge on any atom is -0.462 e. The van der Waals surface area contributed by atoms with Gasteiger partial charge >= 0.3 is 6.18 Å². The van der Waals surface area contributed by atoms with Crippen LogP contribution in [-0.4, -0.2) is 38.7 Å². The third-order valence-electron chi connectivity index (χ3n) is 9.53. The van der Waals surface area contributed by atoms with Crippen molar-refractivity contribution in [1.82, 2.24) is 19.7 Å². The first-order valence-electron chi connectivity index (χ1n) is 14.8. The Morgan fingerprint density at radius 1 is 1.12 bits per heavy atom. The average Bonchev–Trinajstić information content (AvgIpc) is 3.75. The number of anilines is 1. The molecule has 1 saturated heterocycles. The molecule has 0 unspecified atom stereocenters. The van der Waals surface area contributed by atoms with E-state index in [1.807, 2.05) is 23.7 Å². The molecule has 3 aliphatic rings. The Labute approximate surface area is 242 Å². The Hall–Kier alpha value is -3.66. The third-order valence-corrected chi connectivity index (χ3v) is 9.53. The Morgan fingerprint density at radius 3 is 2.64 bits per heavy atom. The van der Waals surface area contributed by atoms with Crippen molar-refractivity contribution in [1.29, 1.82) is 0 Å². The van der Waals surface area contributed by atoms with Crippen LogP contribution in [0.4, 0.5) is 18.9 Å². The number of fused-ring (bicyclic) bond motifs is 2. The second-order valence-corrected chi connectivity index (χ2v) is 12.4. The highest BCUT2D eigenvalue weighted by molar-refractivity contribution is 6.13. The molecule has 2 aliphatic heterocycles. The normalized spacial score (nSPS) is 21.0. The number of hydrogen-bond donors (Lipinski definition) is 0. The number of halogens is 3. The number of piperidine rings is 1. The van der Waals surface area contributed by atoms with E-state index in [0.29, 0.717) is 29.3 Å². The van der Waals surface area contributed by atoms with Gasteiger partial charge in [-0.05, 0) is 85.2 Å². The lowest BCUT2D eigenvalue weighted by Gasteiger charge is -2.31. The molecule has 2 aromatic heterocycles. The quantitative estimate of drug-likeness (QED) is 0.260. The lowest BCUT2D eigenvalue weighted by atomic mass is 9.77. The molecule has 42 heavy (non-hydrogen) atoms. The highest BCUT2D eigenvalue weighted by Crippen LogP contribution is 2.49. The van der Waals surface area contributed by atoms with Gasteiger partial charge in [0.25, 0.3) is 5.91 Å². The number of amides is 1. The molecular formula is C32H34F3N5O2. The van der Waals surface area contributed by atoms with Gasteiger partial charge in [-0.2, -0.15) is 13.2 Å². The summed E-state index contributed by atoms with van der Waals surface area (Å²) in [5, 5.41) is 9.41. The maximum atomic E-state index is 14.5. The van der Waals surface area contributed by atoms with E-state index in [-0.39, 0.29) is 17.7 Å². The summed E-state index contributed by atoms with van der Waals surface area (Å²) in [7, 11) is 1.92. The predicted octanol–water partition coefficient (Wildman–Crippen LogP) is 6.83. The van der Waals surface area contributed by atoms with E-state index in [1.165, 1.54) is 11.0 Å². The number of alkyl halides is 3. The van der Waals surface area contributed by atoms with Crippen molar-refractivity contribution in [3.63, 3.8) is 0 Å². The molecule has 0 spiro atoms. The van der Waals surface area contributed by atoms with Crippen LogP contribution in [0.25, 0.3) is 11.0 Å². The van der Waals surface area contributed by atoms with Gasteiger partial charge in [0.2, 0.25) is 0 Å². The van der Waals surface area contributed by atoms with Crippen molar-refractivity contribution in [2.45, 2.75) is 70.1 Å². The molecule has 7 rings (SSSR count). The molecule has 4 heterocycles. The SMILES string of the molecule is C[C@H]1CCCN(Cc2cc3c(c(C(F)(F)F)c2)CN(c2cc(C4(c5nncn5C)CCCC4)cc4ccoc24)C3=O)C1. The van der Waals surface area contributed by atoms with Crippen LogP contribution >= 0.6 is 0 Å². The number of benzene rings is 2. The fraction of sp³-hybridized carbons (Fsp3) is 0.469. The molecule has 7 nitrogen and oxygen atoms in total. The molecule has 2 fully saturated rings. The van der Waals surface area contributed by atoms with Crippen molar-refractivity contribution < 1.29 is 22.4 Å². The molecule has 10 heteroatoms. The molecule has 2 aromatic carbocycles. The molecule has 0 radical (unpaired) electrons. The summed E-state index contributed by atoms with van der Waals surface area (Å²) in [5.41, 5.74) is 1.49. The first-order valence-corrected chi connectivity index (χ1v) is 14.8. The predicted molar refractivity (Wildman–Crippen MR) is 152 cm³/mol. The number of hydrogen-bond acceptors (Lipinski definition) is 5. The fourth-order valence-corrected chi connectivity index (χ4v) is 7.57. The summed E-state index contributed by atoms with van der Waals surface area (Å²) in [6.07, 6.45) is 4.60. The summed E-state index contributed by atoms with van der Waals surface area (Å²) in [6, 6.07) is 8.75. The highest BCUT2D eigenvalue weighted by atomic mass is 19.4. The second kappa shape index (κ2) is 9.97. The van der Waals surface area contributed by atoms with Crippen LogP contribution < -0.4 is 4.90 Å². The summed E-state index contributed by atoms with van der Waals surface area (Å²) in [5.74, 6) is 0.916. The summed E-state index contributed by atoms with van der Waals surface area (Å²) in [6.45, 7) is 4.09. The molecule has 1 aliphatic carbocycles. The van der Waals surface area contributed by atoms with Crippen LogP contribution in [0.5, 0.6) is 0 Å². The third kappa shape index (κ3) is 4.42. The molecule has 1 amide bonds. The van der Waals surface area contributed by atoms with Gasteiger partial charge in [-0.15, -0.1) is 10.2 Å². The maximum absolute atomic E-state index is 14.5. The lowest BCUT2D eigenvalue weighted by Crippen LogP contribution is -2.33. The molecule has 1 atom stereocenters. The zero-order valence-electron chi connectivity index (χ0n) is 23.9. The van der Waals surface area contributed by atoms with Crippen molar-refractivity contribution in [2.24, 2.45) is 13.0 Å². The summed E-state index contributed by atoms with van der Waals surface area (Å²) < 4.78 is 51.2. The van der Waals surface area contributed by atoms with Crippen LogP contribution in [0.1, 0.15) is 83.9 Å². The topological polar surface area (TPSA) is 67.4 Å². The second-order valence-electron chi connectivity index (χ2n) is 12.4. The largest absolute Gasteiger partial charge is 0.462 e.